The molecule has 31 heavy (non-hydrogen) atoms. The number of likely N-dealkylation sites (N-methyl/N-ethyl adjacent to an activating group) is 1. The van der Waals surface area contributed by atoms with Crippen LogP contribution in [0.1, 0.15) is 28.4 Å². The van der Waals surface area contributed by atoms with E-state index in [0.29, 0.717) is 44.3 Å². The molecule has 0 radical (unpaired) electrons. The van der Waals surface area contributed by atoms with Gasteiger partial charge in [0.15, 0.2) is 16.7 Å². The minimum atomic E-state index is -1.01. The first-order chi connectivity index (χ1) is 14.8. The normalized spacial score (nSPS) is 16.3. The molecule has 7 nitrogen and oxygen atoms in total. The zero-order valence-corrected chi connectivity index (χ0v) is 18.8. The van der Waals surface area contributed by atoms with Crippen molar-refractivity contribution in [2.75, 3.05) is 20.7 Å². The molecule has 3 rings (SSSR count). The molecular formula is C22H21ClN2O5S. The number of benzene rings is 2. The van der Waals surface area contributed by atoms with Gasteiger partial charge >= 0.3 is 5.97 Å². The van der Waals surface area contributed by atoms with Crippen molar-refractivity contribution in [1.82, 2.24) is 4.90 Å². The number of carboxylic acids is 1. The quantitative estimate of drug-likeness (QED) is 0.610. The van der Waals surface area contributed by atoms with E-state index in [4.69, 9.17) is 26.2 Å². The number of halogens is 1. The number of aliphatic imine (C=N–C) groups is 1. The lowest BCUT2D eigenvalue weighted by Gasteiger charge is -2.15. The molecule has 0 bridgehead atoms. The molecule has 0 aromatic heterocycles. The molecule has 2 aromatic rings. The molecule has 1 amide bonds. The van der Waals surface area contributed by atoms with Crippen LogP contribution in [0.15, 0.2) is 46.3 Å². The summed E-state index contributed by atoms with van der Waals surface area (Å²) in [7, 11) is 3.31. The number of rotatable bonds is 7. The second-order valence-corrected chi connectivity index (χ2v) is 7.95. The SMILES string of the molecule is CCOc1cc(/C=C2/SC(=NC)N(C)C2=O)cc(Cl)c1OCc1cccc(C(=O)O)c1. The highest BCUT2D eigenvalue weighted by molar-refractivity contribution is 8.18. The third kappa shape index (κ3) is 5.21. The van der Waals surface area contributed by atoms with Crippen molar-refractivity contribution in [3.8, 4) is 11.5 Å². The van der Waals surface area contributed by atoms with Crippen LogP contribution in [0.5, 0.6) is 11.5 Å². The summed E-state index contributed by atoms with van der Waals surface area (Å²) >= 11 is 7.76. The molecule has 1 saturated heterocycles. The number of carboxylic acid groups (broad SMARTS) is 1. The Morgan fingerprint density at radius 2 is 2.06 bits per heavy atom. The van der Waals surface area contributed by atoms with Gasteiger partial charge in [-0.25, -0.2) is 4.79 Å². The minimum Gasteiger partial charge on any atom is -0.490 e. The maximum atomic E-state index is 12.4. The van der Waals surface area contributed by atoms with Gasteiger partial charge in [-0.1, -0.05) is 23.7 Å². The number of carbonyl (C=O) groups excluding carboxylic acids is 1. The van der Waals surface area contributed by atoms with Crippen molar-refractivity contribution in [3.63, 3.8) is 0 Å². The number of aromatic carboxylic acids is 1. The van der Waals surface area contributed by atoms with E-state index >= 15 is 0 Å². The van der Waals surface area contributed by atoms with Gasteiger partial charge in [0.25, 0.3) is 5.91 Å². The fourth-order valence-electron chi connectivity index (χ4n) is 2.92. The van der Waals surface area contributed by atoms with E-state index < -0.39 is 5.97 Å². The highest BCUT2D eigenvalue weighted by Crippen LogP contribution is 2.39. The van der Waals surface area contributed by atoms with Gasteiger partial charge in [0.1, 0.15) is 6.61 Å². The zero-order valence-electron chi connectivity index (χ0n) is 17.2. The van der Waals surface area contributed by atoms with Gasteiger partial charge in [-0.15, -0.1) is 0 Å². The largest absolute Gasteiger partial charge is 0.490 e. The number of nitrogens with zero attached hydrogens (tertiary/aromatic N) is 2. The third-order valence-corrected chi connectivity index (χ3v) is 5.81. The van der Waals surface area contributed by atoms with E-state index in [0.717, 1.165) is 0 Å². The number of carbonyl (C=O) groups is 2. The smallest absolute Gasteiger partial charge is 0.335 e. The van der Waals surface area contributed by atoms with E-state index in [1.807, 2.05) is 6.92 Å². The number of thioether (sulfide) groups is 1. The number of ether oxygens (including phenoxy) is 2. The van der Waals surface area contributed by atoms with Crippen molar-refractivity contribution >= 4 is 46.5 Å². The first-order valence-corrected chi connectivity index (χ1v) is 10.6. The Morgan fingerprint density at radius 1 is 1.29 bits per heavy atom. The molecule has 1 aliphatic heterocycles. The van der Waals surface area contributed by atoms with E-state index in [9.17, 15) is 9.59 Å². The van der Waals surface area contributed by atoms with Gasteiger partial charge in [-0.3, -0.25) is 14.7 Å². The molecule has 9 heteroatoms. The Hall–Kier alpha value is -2.97. The molecule has 162 valence electrons. The van der Waals surface area contributed by atoms with Crippen molar-refractivity contribution < 1.29 is 24.2 Å². The minimum absolute atomic E-state index is 0.122. The lowest BCUT2D eigenvalue weighted by atomic mass is 10.1. The number of amidine groups is 1. The van der Waals surface area contributed by atoms with Gasteiger partial charge in [-0.2, -0.15) is 0 Å². The first-order valence-electron chi connectivity index (χ1n) is 9.39. The Bertz CT molecular complexity index is 1080. The second kappa shape index (κ2) is 9.89. The molecule has 0 aliphatic carbocycles. The lowest BCUT2D eigenvalue weighted by molar-refractivity contribution is -0.121. The summed E-state index contributed by atoms with van der Waals surface area (Å²) in [5.74, 6) is -0.360. The predicted octanol–water partition coefficient (Wildman–Crippen LogP) is 4.55. The van der Waals surface area contributed by atoms with Gasteiger partial charge in [0.05, 0.1) is 22.1 Å². The molecule has 0 atom stereocenters. The number of amides is 1. The third-order valence-electron chi connectivity index (χ3n) is 4.38. The summed E-state index contributed by atoms with van der Waals surface area (Å²) in [5, 5.41) is 10.1. The van der Waals surface area contributed by atoms with Gasteiger partial charge in [0, 0.05) is 14.1 Å². The van der Waals surface area contributed by atoms with Crippen LogP contribution >= 0.6 is 23.4 Å². The molecular weight excluding hydrogens is 440 g/mol. The standard InChI is InChI=1S/C22H21ClN2O5S/c1-4-29-17-10-14(11-18-20(26)25(3)22(24-2)31-18)9-16(23)19(17)30-12-13-6-5-7-15(8-13)21(27)28/h5-11H,4,12H2,1-3H3,(H,27,28)/b18-11+,24-22?. The lowest BCUT2D eigenvalue weighted by Crippen LogP contribution is -2.23. The summed E-state index contributed by atoms with van der Waals surface area (Å²) in [6.07, 6.45) is 1.73. The average molecular weight is 461 g/mol. The van der Waals surface area contributed by atoms with E-state index in [2.05, 4.69) is 4.99 Å². The van der Waals surface area contributed by atoms with E-state index in [1.165, 1.54) is 22.7 Å². The number of hydrogen-bond acceptors (Lipinski definition) is 6. The highest BCUT2D eigenvalue weighted by Gasteiger charge is 2.29. The fourth-order valence-corrected chi connectivity index (χ4v) is 4.13. The maximum Gasteiger partial charge on any atom is 0.335 e. The molecule has 0 saturated carbocycles. The molecule has 1 aliphatic rings. The Morgan fingerprint density at radius 3 is 2.71 bits per heavy atom. The zero-order chi connectivity index (χ0) is 22.5. The molecule has 1 heterocycles. The van der Waals surface area contributed by atoms with E-state index in [1.54, 1.807) is 50.5 Å². The van der Waals surface area contributed by atoms with Crippen molar-refractivity contribution in [3.05, 3.63) is 63.0 Å². The maximum absolute atomic E-state index is 12.4. The van der Waals surface area contributed by atoms with Crippen LogP contribution in [-0.4, -0.2) is 47.8 Å². The Balaban J connectivity index is 1.87. The Kier molecular flexibility index (Phi) is 7.25. The monoisotopic (exact) mass is 460 g/mol. The molecule has 1 N–H and O–H groups in total. The molecule has 0 spiro atoms. The van der Waals surface area contributed by atoms with Crippen LogP contribution in [0.4, 0.5) is 0 Å². The van der Waals surface area contributed by atoms with Crippen molar-refractivity contribution in [2.24, 2.45) is 4.99 Å². The van der Waals surface area contributed by atoms with Crippen LogP contribution in [0.25, 0.3) is 6.08 Å². The first kappa shape index (κ1) is 22.7. The molecule has 2 aromatic carbocycles. The predicted molar refractivity (Wildman–Crippen MR) is 122 cm³/mol. The topological polar surface area (TPSA) is 88.4 Å². The van der Waals surface area contributed by atoms with Gasteiger partial charge in [0.2, 0.25) is 0 Å². The van der Waals surface area contributed by atoms with E-state index in [-0.39, 0.29) is 18.1 Å². The number of hydrogen-bond donors (Lipinski definition) is 1. The van der Waals surface area contributed by atoms with Gasteiger partial charge in [-0.05, 0) is 60.2 Å². The van der Waals surface area contributed by atoms with Crippen LogP contribution < -0.4 is 9.47 Å². The summed E-state index contributed by atoms with van der Waals surface area (Å²) in [4.78, 5) is 29.7. The van der Waals surface area contributed by atoms with Crippen LogP contribution in [-0.2, 0) is 11.4 Å². The summed E-state index contributed by atoms with van der Waals surface area (Å²) in [5.41, 5.74) is 1.56. The Labute approximate surface area is 189 Å². The van der Waals surface area contributed by atoms with Crippen molar-refractivity contribution in [2.45, 2.75) is 13.5 Å². The average Bonchev–Trinajstić information content (AvgIpc) is 3.01. The van der Waals surface area contributed by atoms with Crippen LogP contribution in [0, 0.1) is 0 Å². The summed E-state index contributed by atoms with van der Waals surface area (Å²) < 4.78 is 11.6. The molecule has 1 fully saturated rings. The van der Waals surface area contributed by atoms with Crippen LogP contribution in [0.3, 0.4) is 0 Å². The van der Waals surface area contributed by atoms with Crippen molar-refractivity contribution in [1.29, 1.82) is 0 Å². The molecule has 0 unspecified atom stereocenters. The van der Waals surface area contributed by atoms with Gasteiger partial charge < -0.3 is 14.6 Å². The fraction of sp³-hybridized carbons (Fsp3) is 0.227. The highest BCUT2D eigenvalue weighted by atomic mass is 35.5. The second-order valence-electron chi connectivity index (χ2n) is 6.54. The summed E-state index contributed by atoms with van der Waals surface area (Å²) in [6.45, 7) is 2.36. The van der Waals surface area contributed by atoms with Crippen LogP contribution in [0.2, 0.25) is 5.02 Å². The summed E-state index contributed by atoms with van der Waals surface area (Å²) in [6, 6.07) is 9.92.